The minimum atomic E-state index is 0. The van der Waals surface area contributed by atoms with Crippen LogP contribution in [0.5, 0.6) is 0 Å². The van der Waals surface area contributed by atoms with E-state index in [2.05, 4.69) is 37.3 Å². The van der Waals surface area contributed by atoms with E-state index in [1.165, 1.54) is 89.0 Å². The minimum absolute atomic E-state index is 0. The molecule has 0 aliphatic carbocycles. The summed E-state index contributed by atoms with van der Waals surface area (Å²) in [6, 6.07) is 10.9. The molecule has 0 amide bonds. The van der Waals surface area contributed by atoms with Gasteiger partial charge in [0.15, 0.2) is 0 Å². The van der Waals surface area contributed by atoms with Crippen molar-refractivity contribution in [3.05, 3.63) is 35.9 Å². The van der Waals surface area contributed by atoms with Crippen LogP contribution in [0.1, 0.15) is 89.5 Å². The van der Waals surface area contributed by atoms with Gasteiger partial charge in [-0.1, -0.05) is 108 Å². The van der Waals surface area contributed by atoms with Crippen molar-refractivity contribution in [3.63, 3.8) is 0 Å². The first-order valence-corrected chi connectivity index (χ1v) is 8.97. The molecule has 0 nitrogen and oxygen atoms in total. The molecule has 0 atom stereocenters. The van der Waals surface area contributed by atoms with Gasteiger partial charge in [-0.15, -0.1) is 0 Å². The van der Waals surface area contributed by atoms with Crippen LogP contribution in [0.15, 0.2) is 30.3 Å². The Bertz CT molecular complexity index is 294. The molecule has 0 heterocycles. The van der Waals surface area contributed by atoms with Crippen LogP contribution >= 0.6 is 0 Å². The van der Waals surface area contributed by atoms with Crippen LogP contribution in [0.2, 0.25) is 0 Å². The Morgan fingerprint density at radius 1 is 0.571 bits per heavy atom. The molecule has 1 heteroatoms. The number of benzene rings is 1. The van der Waals surface area contributed by atoms with E-state index >= 15 is 0 Å². The van der Waals surface area contributed by atoms with Crippen molar-refractivity contribution in [2.24, 2.45) is 0 Å². The van der Waals surface area contributed by atoms with Gasteiger partial charge in [-0.2, -0.15) is 0 Å². The Kier molecular flexibility index (Phi) is 17.2. The fraction of sp³-hybridized carbons (Fsp3) is 0.700. The van der Waals surface area contributed by atoms with E-state index in [1.807, 2.05) is 0 Å². The Hall–Kier alpha value is 0.480. The monoisotopic (exact) mass is 316 g/mol. The van der Waals surface area contributed by atoms with E-state index < -0.39 is 0 Å². The van der Waals surface area contributed by atoms with Gasteiger partial charge in [-0.05, 0) is 18.4 Å². The molecule has 1 aromatic rings. The van der Waals surface area contributed by atoms with Crippen LogP contribution in [-0.2, 0) is 6.42 Å². The summed E-state index contributed by atoms with van der Waals surface area (Å²) in [5.41, 5.74) is 1.50. The Morgan fingerprint density at radius 3 is 1.48 bits per heavy atom. The molecule has 0 spiro atoms. The van der Waals surface area contributed by atoms with E-state index in [0.717, 1.165) is 0 Å². The van der Waals surface area contributed by atoms with Crippen molar-refractivity contribution >= 4 is 37.7 Å². The van der Waals surface area contributed by atoms with Gasteiger partial charge in [-0.25, -0.2) is 0 Å². The number of unbranched alkanes of at least 4 members (excludes halogenated alkanes) is 11. The van der Waals surface area contributed by atoms with E-state index in [4.69, 9.17) is 0 Å². The first-order valence-electron chi connectivity index (χ1n) is 8.97. The molecule has 0 unspecified atom stereocenters. The van der Waals surface area contributed by atoms with Gasteiger partial charge in [0.1, 0.15) is 0 Å². The van der Waals surface area contributed by atoms with Crippen LogP contribution in [0, 0.1) is 0 Å². The predicted molar refractivity (Wildman–Crippen MR) is 99.8 cm³/mol. The van der Waals surface area contributed by atoms with Crippen LogP contribution < -0.4 is 0 Å². The van der Waals surface area contributed by atoms with E-state index in [1.54, 1.807) is 0 Å². The zero-order valence-corrected chi connectivity index (χ0v) is 13.6. The molecular formula is C20H36Ca. The summed E-state index contributed by atoms with van der Waals surface area (Å²) in [5.74, 6) is 0. The quantitative estimate of drug-likeness (QED) is 0.308. The summed E-state index contributed by atoms with van der Waals surface area (Å²) in [4.78, 5) is 0. The summed E-state index contributed by atoms with van der Waals surface area (Å²) in [7, 11) is 0. The molecule has 0 saturated heterocycles. The summed E-state index contributed by atoms with van der Waals surface area (Å²) in [6.07, 6.45) is 18.5. The third-order valence-electron chi connectivity index (χ3n) is 4.16. The summed E-state index contributed by atoms with van der Waals surface area (Å²) >= 11 is 0. The zero-order valence-electron chi connectivity index (χ0n) is 13.6. The van der Waals surface area contributed by atoms with Crippen molar-refractivity contribution in [3.8, 4) is 0 Å². The van der Waals surface area contributed by atoms with Gasteiger partial charge in [-0.3, -0.25) is 0 Å². The molecule has 0 radical (unpaired) electrons. The van der Waals surface area contributed by atoms with Crippen molar-refractivity contribution < 1.29 is 0 Å². The number of hydrogen-bond donors (Lipinski definition) is 0. The molecular weight excluding hydrogens is 280 g/mol. The maximum absolute atomic E-state index is 2.29. The Morgan fingerprint density at radius 2 is 1.00 bits per heavy atom. The van der Waals surface area contributed by atoms with Gasteiger partial charge in [0.25, 0.3) is 0 Å². The van der Waals surface area contributed by atoms with Crippen molar-refractivity contribution in [2.75, 3.05) is 0 Å². The molecule has 1 aromatic carbocycles. The maximum atomic E-state index is 2.29. The average molecular weight is 317 g/mol. The topological polar surface area (TPSA) is 0 Å². The van der Waals surface area contributed by atoms with E-state index in [-0.39, 0.29) is 37.7 Å². The second-order valence-electron chi connectivity index (χ2n) is 6.12. The molecule has 0 aromatic heterocycles. The Balaban J connectivity index is 0.00000400. The van der Waals surface area contributed by atoms with Crippen molar-refractivity contribution in [2.45, 2.75) is 90.4 Å². The van der Waals surface area contributed by atoms with Gasteiger partial charge in [0.2, 0.25) is 0 Å². The summed E-state index contributed by atoms with van der Waals surface area (Å²) < 4.78 is 0. The van der Waals surface area contributed by atoms with Crippen LogP contribution in [-0.4, -0.2) is 37.7 Å². The van der Waals surface area contributed by atoms with Crippen LogP contribution in [0.3, 0.4) is 0 Å². The van der Waals surface area contributed by atoms with E-state index in [0.29, 0.717) is 0 Å². The molecule has 1 rings (SSSR count). The first kappa shape index (κ1) is 21.5. The SMILES string of the molecule is CCCCCCCCCCCCCCc1ccccc1.[CaH2]. The normalized spacial score (nSPS) is 10.3. The van der Waals surface area contributed by atoms with Gasteiger partial charge >= 0.3 is 37.7 Å². The number of aryl methyl sites for hydroxylation is 1. The third kappa shape index (κ3) is 13.8. The fourth-order valence-electron chi connectivity index (χ4n) is 2.81. The van der Waals surface area contributed by atoms with Gasteiger partial charge in [0, 0.05) is 0 Å². The molecule has 0 bridgehead atoms. The molecule has 0 aliphatic heterocycles. The second kappa shape index (κ2) is 16.8. The van der Waals surface area contributed by atoms with Crippen LogP contribution in [0.25, 0.3) is 0 Å². The molecule has 0 saturated carbocycles. The molecule has 118 valence electrons. The average Bonchev–Trinajstić information content (AvgIpc) is 2.49. The molecule has 21 heavy (non-hydrogen) atoms. The van der Waals surface area contributed by atoms with Gasteiger partial charge in [0.05, 0.1) is 0 Å². The fourth-order valence-corrected chi connectivity index (χ4v) is 2.81. The standard InChI is InChI=1S/C20H34.Ca.2H/c1-2-3-4-5-6-7-8-9-10-11-12-14-17-20-18-15-13-16-19-20;;;/h13,15-16,18-19H,2-12,14,17H2,1H3;;;. The number of rotatable bonds is 13. The first-order chi connectivity index (χ1) is 9.93. The van der Waals surface area contributed by atoms with Crippen molar-refractivity contribution in [1.29, 1.82) is 0 Å². The predicted octanol–water partition coefficient (Wildman–Crippen LogP) is 6.01. The van der Waals surface area contributed by atoms with Crippen molar-refractivity contribution in [1.82, 2.24) is 0 Å². The summed E-state index contributed by atoms with van der Waals surface area (Å²) in [5, 5.41) is 0. The zero-order chi connectivity index (χ0) is 14.3. The second-order valence-corrected chi connectivity index (χ2v) is 6.12. The molecule has 0 aliphatic rings. The molecule has 0 N–H and O–H groups in total. The van der Waals surface area contributed by atoms with E-state index in [9.17, 15) is 0 Å². The Labute approximate surface area is 163 Å². The third-order valence-corrected chi connectivity index (χ3v) is 4.16. The summed E-state index contributed by atoms with van der Waals surface area (Å²) in [6.45, 7) is 2.29. The number of hydrogen-bond acceptors (Lipinski definition) is 0. The van der Waals surface area contributed by atoms with Crippen LogP contribution in [0.4, 0.5) is 0 Å². The van der Waals surface area contributed by atoms with Gasteiger partial charge < -0.3 is 0 Å². The molecule has 0 fully saturated rings.